The summed E-state index contributed by atoms with van der Waals surface area (Å²) in [7, 11) is 3.25. The molecule has 4 rings (SSSR count). The summed E-state index contributed by atoms with van der Waals surface area (Å²) < 4.78 is 12.6. The van der Waals surface area contributed by atoms with E-state index < -0.39 is 0 Å². The van der Waals surface area contributed by atoms with Crippen LogP contribution in [0.3, 0.4) is 0 Å². The summed E-state index contributed by atoms with van der Waals surface area (Å²) in [5.41, 5.74) is 5.14. The zero-order chi connectivity index (χ0) is 22.7. The number of para-hydroxylation sites is 1. The van der Waals surface area contributed by atoms with E-state index in [0.717, 1.165) is 39.3 Å². The lowest BCUT2D eigenvalue weighted by molar-refractivity contribution is -0.116. The fourth-order valence-corrected chi connectivity index (χ4v) is 3.83. The van der Waals surface area contributed by atoms with Gasteiger partial charge in [-0.25, -0.2) is 9.67 Å². The Labute approximate surface area is 187 Å². The Morgan fingerprint density at radius 2 is 1.84 bits per heavy atom. The number of nitrogens with zero attached hydrogens (tertiary/aromatic N) is 3. The van der Waals surface area contributed by atoms with Crippen LogP contribution in [-0.4, -0.2) is 34.9 Å². The Morgan fingerprint density at radius 3 is 2.62 bits per heavy atom. The summed E-state index contributed by atoms with van der Waals surface area (Å²) in [5.74, 6) is 1.33. The van der Waals surface area contributed by atoms with Crippen molar-refractivity contribution in [2.45, 2.75) is 26.8 Å². The van der Waals surface area contributed by atoms with Crippen LogP contribution in [0.25, 0.3) is 22.3 Å². The van der Waals surface area contributed by atoms with Gasteiger partial charge < -0.3 is 14.8 Å². The SMILES string of the molecule is COc1cccc(NC(=O)CCn2nc(-c3ccccc3OC)c3c(C)cc(C)nc32)c1. The van der Waals surface area contributed by atoms with Crippen LogP contribution in [0.15, 0.2) is 54.6 Å². The second-order valence-electron chi connectivity index (χ2n) is 7.58. The average Bonchev–Trinajstić information content (AvgIpc) is 3.16. The number of nitrogens with one attached hydrogen (secondary N) is 1. The molecule has 0 saturated heterocycles. The van der Waals surface area contributed by atoms with Gasteiger partial charge in [-0.15, -0.1) is 0 Å². The van der Waals surface area contributed by atoms with Crippen LogP contribution < -0.4 is 14.8 Å². The molecular weight excluding hydrogens is 404 g/mol. The van der Waals surface area contributed by atoms with Gasteiger partial charge >= 0.3 is 0 Å². The molecule has 0 aliphatic heterocycles. The lowest BCUT2D eigenvalue weighted by Gasteiger charge is -2.08. The molecule has 0 aliphatic carbocycles. The van der Waals surface area contributed by atoms with Crippen molar-refractivity contribution in [1.82, 2.24) is 14.8 Å². The first kappa shape index (κ1) is 21.4. The van der Waals surface area contributed by atoms with Crippen molar-refractivity contribution in [2.75, 3.05) is 19.5 Å². The van der Waals surface area contributed by atoms with Crippen LogP contribution in [0.5, 0.6) is 11.5 Å². The van der Waals surface area contributed by atoms with E-state index in [0.29, 0.717) is 18.0 Å². The minimum atomic E-state index is -0.106. The van der Waals surface area contributed by atoms with Crippen molar-refractivity contribution in [3.63, 3.8) is 0 Å². The molecule has 2 heterocycles. The van der Waals surface area contributed by atoms with E-state index >= 15 is 0 Å². The molecule has 0 unspecified atom stereocenters. The number of carbonyl (C=O) groups excluding carboxylic acids is 1. The molecule has 1 N–H and O–H groups in total. The number of methoxy groups -OCH3 is 2. The molecule has 0 spiro atoms. The first-order valence-electron chi connectivity index (χ1n) is 10.4. The van der Waals surface area contributed by atoms with E-state index in [4.69, 9.17) is 19.6 Å². The van der Waals surface area contributed by atoms with Gasteiger partial charge in [-0.2, -0.15) is 5.10 Å². The molecule has 7 nitrogen and oxygen atoms in total. The molecule has 0 radical (unpaired) electrons. The molecule has 1 amide bonds. The number of aryl methyl sites for hydroxylation is 3. The van der Waals surface area contributed by atoms with Crippen molar-refractivity contribution in [2.24, 2.45) is 0 Å². The number of carbonyl (C=O) groups is 1. The average molecular weight is 431 g/mol. The summed E-state index contributed by atoms with van der Waals surface area (Å²) >= 11 is 0. The van der Waals surface area contributed by atoms with Gasteiger partial charge in [0.25, 0.3) is 0 Å². The molecule has 4 aromatic rings. The topological polar surface area (TPSA) is 78.3 Å². The van der Waals surface area contributed by atoms with Crippen molar-refractivity contribution >= 4 is 22.6 Å². The largest absolute Gasteiger partial charge is 0.497 e. The minimum Gasteiger partial charge on any atom is -0.497 e. The maximum Gasteiger partial charge on any atom is 0.226 e. The fourth-order valence-electron chi connectivity index (χ4n) is 3.83. The van der Waals surface area contributed by atoms with Gasteiger partial charge in [0.2, 0.25) is 5.91 Å². The number of rotatable bonds is 7. The van der Waals surface area contributed by atoms with Gasteiger partial charge in [0.15, 0.2) is 5.65 Å². The van der Waals surface area contributed by atoms with Crippen LogP contribution in [0, 0.1) is 13.8 Å². The molecule has 0 fully saturated rings. The fraction of sp³-hybridized carbons (Fsp3) is 0.240. The first-order chi connectivity index (χ1) is 15.5. The summed E-state index contributed by atoms with van der Waals surface area (Å²) in [6.45, 7) is 4.41. The maximum absolute atomic E-state index is 12.6. The highest BCUT2D eigenvalue weighted by Crippen LogP contribution is 2.35. The lowest BCUT2D eigenvalue weighted by Crippen LogP contribution is -2.15. The second-order valence-corrected chi connectivity index (χ2v) is 7.58. The number of ether oxygens (including phenoxy) is 2. The summed E-state index contributed by atoms with van der Waals surface area (Å²) in [6.07, 6.45) is 0.258. The zero-order valence-electron chi connectivity index (χ0n) is 18.7. The molecule has 0 saturated carbocycles. The molecule has 0 bridgehead atoms. The number of pyridine rings is 1. The van der Waals surface area contributed by atoms with E-state index in [-0.39, 0.29) is 12.3 Å². The van der Waals surface area contributed by atoms with Crippen molar-refractivity contribution in [1.29, 1.82) is 0 Å². The van der Waals surface area contributed by atoms with Crippen molar-refractivity contribution < 1.29 is 14.3 Å². The van der Waals surface area contributed by atoms with Crippen LogP contribution >= 0.6 is 0 Å². The zero-order valence-corrected chi connectivity index (χ0v) is 18.7. The van der Waals surface area contributed by atoms with Crippen LogP contribution in [0.1, 0.15) is 17.7 Å². The standard InChI is InChI=1S/C25H26N4O3/c1-16-14-17(2)26-25-23(16)24(20-10-5-6-11-21(20)32-4)28-29(25)13-12-22(30)27-18-8-7-9-19(15-18)31-3/h5-11,14-15H,12-13H2,1-4H3,(H,27,30). The van der Waals surface area contributed by atoms with E-state index in [2.05, 4.69) is 12.2 Å². The van der Waals surface area contributed by atoms with Gasteiger partial charge in [-0.05, 0) is 49.7 Å². The molecule has 0 atom stereocenters. The molecule has 7 heteroatoms. The van der Waals surface area contributed by atoms with E-state index in [1.165, 1.54) is 0 Å². The Balaban J connectivity index is 1.65. The monoisotopic (exact) mass is 430 g/mol. The summed E-state index contributed by atoms with van der Waals surface area (Å²) in [4.78, 5) is 17.3. The smallest absolute Gasteiger partial charge is 0.226 e. The molecule has 0 aliphatic rings. The van der Waals surface area contributed by atoms with E-state index in [1.807, 2.05) is 60.1 Å². The van der Waals surface area contributed by atoms with Crippen LogP contribution in [-0.2, 0) is 11.3 Å². The third-order valence-corrected chi connectivity index (χ3v) is 5.29. The number of anilines is 1. The second kappa shape index (κ2) is 9.09. The Hall–Kier alpha value is -3.87. The highest BCUT2D eigenvalue weighted by Gasteiger charge is 2.19. The van der Waals surface area contributed by atoms with Crippen molar-refractivity contribution in [3.05, 3.63) is 65.9 Å². The van der Waals surface area contributed by atoms with Gasteiger partial charge in [-0.1, -0.05) is 18.2 Å². The highest BCUT2D eigenvalue weighted by molar-refractivity contribution is 5.95. The van der Waals surface area contributed by atoms with Gasteiger partial charge in [-0.3, -0.25) is 4.79 Å². The van der Waals surface area contributed by atoms with Gasteiger partial charge in [0.1, 0.15) is 17.2 Å². The van der Waals surface area contributed by atoms with Gasteiger partial charge in [0, 0.05) is 29.4 Å². The van der Waals surface area contributed by atoms with Crippen LogP contribution in [0.2, 0.25) is 0 Å². The number of aromatic nitrogens is 3. The van der Waals surface area contributed by atoms with Gasteiger partial charge in [0.05, 0.1) is 26.2 Å². The molecule has 32 heavy (non-hydrogen) atoms. The number of hydrogen-bond donors (Lipinski definition) is 1. The number of benzene rings is 2. The predicted molar refractivity (Wildman–Crippen MR) is 125 cm³/mol. The summed E-state index contributed by atoms with van der Waals surface area (Å²) in [5, 5.41) is 8.73. The third kappa shape index (κ3) is 4.27. The Bertz CT molecular complexity index is 1280. The lowest BCUT2D eigenvalue weighted by atomic mass is 10.0. The molecule has 2 aromatic carbocycles. The predicted octanol–water partition coefficient (Wildman–Crippen LogP) is 4.76. The van der Waals surface area contributed by atoms with Crippen molar-refractivity contribution in [3.8, 4) is 22.8 Å². The normalized spacial score (nSPS) is 10.9. The molecule has 2 aromatic heterocycles. The summed E-state index contributed by atoms with van der Waals surface area (Å²) in [6, 6.07) is 17.1. The van der Waals surface area contributed by atoms with Crippen LogP contribution in [0.4, 0.5) is 5.69 Å². The highest BCUT2D eigenvalue weighted by atomic mass is 16.5. The number of hydrogen-bond acceptors (Lipinski definition) is 5. The number of amides is 1. The Morgan fingerprint density at radius 1 is 1.03 bits per heavy atom. The minimum absolute atomic E-state index is 0.106. The number of fused-ring (bicyclic) bond motifs is 1. The molecule has 164 valence electrons. The van der Waals surface area contributed by atoms with E-state index in [1.54, 1.807) is 20.3 Å². The third-order valence-electron chi connectivity index (χ3n) is 5.29. The molecular formula is C25H26N4O3. The van der Waals surface area contributed by atoms with E-state index in [9.17, 15) is 4.79 Å². The first-order valence-corrected chi connectivity index (χ1v) is 10.4. The Kier molecular flexibility index (Phi) is 6.07. The maximum atomic E-state index is 12.6. The quantitative estimate of drug-likeness (QED) is 0.457.